The van der Waals surface area contributed by atoms with E-state index >= 15 is 0 Å². The van der Waals surface area contributed by atoms with E-state index in [9.17, 15) is 14.4 Å². The number of furan rings is 1. The molecule has 140 valence electrons. The van der Waals surface area contributed by atoms with E-state index in [0.29, 0.717) is 32.0 Å². The minimum atomic E-state index is -0.666. The Morgan fingerprint density at radius 3 is 2.73 bits per heavy atom. The van der Waals surface area contributed by atoms with Gasteiger partial charge in [-0.2, -0.15) is 0 Å². The molecule has 26 heavy (non-hydrogen) atoms. The first-order valence-corrected chi connectivity index (χ1v) is 9.55. The van der Waals surface area contributed by atoms with Gasteiger partial charge in [-0.05, 0) is 44.2 Å². The zero-order chi connectivity index (χ0) is 18.1. The van der Waals surface area contributed by atoms with Crippen LogP contribution >= 0.6 is 0 Å². The van der Waals surface area contributed by atoms with E-state index in [0.717, 1.165) is 44.3 Å². The molecular formula is C19H25N3O4. The molecule has 2 aliphatic carbocycles. The average molecular weight is 359 g/mol. The van der Waals surface area contributed by atoms with Crippen molar-refractivity contribution in [1.29, 1.82) is 0 Å². The monoisotopic (exact) mass is 359 g/mol. The highest BCUT2D eigenvalue weighted by molar-refractivity contribution is 6.07. The normalized spacial score (nSPS) is 21.5. The van der Waals surface area contributed by atoms with Crippen molar-refractivity contribution in [3.63, 3.8) is 0 Å². The Hall–Kier alpha value is -2.31. The number of imide groups is 1. The van der Waals surface area contributed by atoms with Crippen molar-refractivity contribution in [3.8, 4) is 0 Å². The maximum atomic E-state index is 12.6. The molecule has 0 aromatic carbocycles. The highest BCUT2D eigenvalue weighted by Crippen LogP contribution is 2.35. The summed E-state index contributed by atoms with van der Waals surface area (Å²) in [4.78, 5) is 40.6. The number of carbonyl (C=O) groups is 3. The van der Waals surface area contributed by atoms with Gasteiger partial charge in [0, 0.05) is 19.0 Å². The van der Waals surface area contributed by atoms with Crippen molar-refractivity contribution in [1.82, 2.24) is 15.1 Å². The number of hydrogen-bond acceptors (Lipinski definition) is 4. The number of nitrogens with zero attached hydrogens (tertiary/aromatic N) is 2. The molecule has 2 saturated carbocycles. The fraction of sp³-hybridized carbons (Fsp3) is 0.632. The molecule has 1 aliphatic heterocycles. The van der Waals surface area contributed by atoms with Gasteiger partial charge in [0.2, 0.25) is 5.91 Å². The van der Waals surface area contributed by atoms with Crippen LogP contribution in [0.1, 0.15) is 57.1 Å². The van der Waals surface area contributed by atoms with E-state index < -0.39 is 5.54 Å². The van der Waals surface area contributed by atoms with Crippen LogP contribution in [0.3, 0.4) is 0 Å². The Kier molecular flexibility index (Phi) is 4.46. The van der Waals surface area contributed by atoms with E-state index in [-0.39, 0.29) is 17.8 Å². The third-order valence-electron chi connectivity index (χ3n) is 5.69. The van der Waals surface area contributed by atoms with Crippen LogP contribution in [0.4, 0.5) is 4.79 Å². The molecule has 1 spiro atoms. The van der Waals surface area contributed by atoms with Gasteiger partial charge in [-0.25, -0.2) is 4.79 Å². The van der Waals surface area contributed by atoms with Gasteiger partial charge in [0.1, 0.15) is 11.3 Å². The summed E-state index contributed by atoms with van der Waals surface area (Å²) in [6, 6.07) is 3.68. The molecule has 2 heterocycles. The van der Waals surface area contributed by atoms with Gasteiger partial charge in [-0.15, -0.1) is 0 Å². The van der Waals surface area contributed by atoms with Gasteiger partial charge in [0.25, 0.3) is 5.91 Å². The van der Waals surface area contributed by atoms with Crippen LogP contribution in [-0.4, -0.2) is 45.8 Å². The summed E-state index contributed by atoms with van der Waals surface area (Å²) in [6.07, 6.45) is 7.90. The fourth-order valence-corrected chi connectivity index (χ4v) is 4.11. The Bertz CT molecular complexity index is 690. The maximum absolute atomic E-state index is 12.6. The van der Waals surface area contributed by atoms with Gasteiger partial charge in [-0.1, -0.05) is 12.8 Å². The zero-order valence-corrected chi connectivity index (χ0v) is 14.9. The van der Waals surface area contributed by atoms with Crippen LogP contribution in [0.2, 0.25) is 0 Å². The van der Waals surface area contributed by atoms with Crippen molar-refractivity contribution in [2.45, 2.75) is 69.5 Å². The van der Waals surface area contributed by atoms with E-state index in [4.69, 9.17) is 4.42 Å². The van der Waals surface area contributed by atoms with Crippen LogP contribution < -0.4 is 5.32 Å². The molecule has 0 atom stereocenters. The molecule has 0 bridgehead atoms. The van der Waals surface area contributed by atoms with Crippen LogP contribution in [0.25, 0.3) is 0 Å². The molecule has 1 aromatic rings. The fourth-order valence-electron chi connectivity index (χ4n) is 4.11. The van der Waals surface area contributed by atoms with Crippen molar-refractivity contribution >= 4 is 17.8 Å². The number of rotatable bonds is 7. The standard InChI is InChI=1S/C19H25N3O4/c23-16(22(14-7-8-14)13-15-5-4-12-26-15)6-3-11-21-17(24)19(20-18(21)25)9-1-2-10-19/h4-5,12,14H,1-3,6-11,13H2,(H,20,25). The molecule has 4 amide bonds. The van der Waals surface area contributed by atoms with E-state index in [1.165, 1.54) is 4.90 Å². The topological polar surface area (TPSA) is 82.9 Å². The number of amides is 4. The molecule has 7 heteroatoms. The van der Waals surface area contributed by atoms with E-state index in [2.05, 4.69) is 5.32 Å². The third kappa shape index (κ3) is 3.22. The summed E-state index contributed by atoms with van der Waals surface area (Å²) in [5, 5.41) is 2.88. The minimum absolute atomic E-state index is 0.0616. The summed E-state index contributed by atoms with van der Waals surface area (Å²) in [7, 11) is 0. The summed E-state index contributed by atoms with van der Waals surface area (Å²) < 4.78 is 5.36. The summed E-state index contributed by atoms with van der Waals surface area (Å²) in [5.74, 6) is 0.733. The Morgan fingerprint density at radius 2 is 2.08 bits per heavy atom. The summed E-state index contributed by atoms with van der Waals surface area (Å²) >= 11 is 0. The highest BCUT2D eigenvalue weighted by Gasteiger charge is 2.52. The highest BCUT2D eigenvalue weighted by atomic mass is 16.3. The Labute approximate surface area is 152 Å². The molecule has 1 aromatic heterocycles. The van der Waals surface area contributed by atoms with Gasteiger partial charge < -0.3 is 14.6 Å². The predicted molar refractivity (Wildman–Crippen MR) is 93.0 cm³/mol. The van der Waals surface area contributed by atoms with Gasteiger partial charge in [0.15, 0.2) is 0 Å². The molecule has 7 nitrogen and oxygen atoms in total. The molecule has 3 aliphatic rings. The lowest BCUT2D eigenvalue weighted by molar-refractivity contribution is -0.134. The first-order valence-electron chi connectivity index (χ1n) is 9.55. The third-order valence-corrected chi connectivity index (χ3v) is 5.69. The second-order valence-corrected chi connectivity index (χ2v) is 7.61. The first kappa shape index (κ1) is 17.1. The summed E-state index contributed by atoms with van der Waals surface area (Å²) in [6.45, 7) is 0.792. The van der Waals surface area contributed by atoms with E-state index in [1.54, 1.807) is 6.26 Å². The summed E-state index contributed by atoms with van der Waals surface area (Å²) in [5.41, 5.74) is -0.666. The van der Waals surface area contributed by atoms with Crippen molar-refractivity contribution in [2.75, 3.05) is 6.54 Å². The second kappa shape index (κ2) is 6.78. The average Bonchev–Trinajstić information content (AvgIpc) is 3.04. The van der Waals surface area contributed by atoms with E-state index in [1.807, 2.05) is 17.0 Å². The minimum Gasteiger partial charge on any atom is -0.467 e. The number of urea groups is 1. The van der Waals surface area contributed by atoms with Crippen LogP contribution in [0.5, 0.6) is 0 Å². The molecule has 3 fully saturated rings. The molecule has 0 radical (unpaired) electrons. The molecule has 1 N–H and O–H groups in total. The lowest BCUT2D eigenvalue weighted by atomic mass is 9.98. The maximum Gasteiger partial charge on any atom is 0.325 e. The largest absolute Gasteiger partial charge is 0.467 e. The zero-order valence-electron chi connectivity index (χ0n) is 14.9. The molecule has 4 rings (SSSR count). The molecule has 0 unspecified atom stereocenters. The Balaban J connectivity index is 1.30. The molecular weight excluding hydrogens is 334 g/mol. The van der Waals surface area contributed by atoms with Gasteiger partial charge in [0.05, 0.1) is 12.8 Å². The number of carbonyl (C=O) groups excluding carboxylic acids is 3. The van der Waals surface area contributed by atoms with Gasteiger partial charge >= 0.3 is 6.03 Å². The van der Waals surface area contributed by atoms with Crippen molar-refractivity contribution < 1.29 is 18.8 Å². The smallest absolute Gasteiger partial charge is 0.325 e. The van der Waals surface area contributed by atoms with Crippen LogP contribution in [-0.2, 0) is 16.1 Å². The van der Waals surface area contributed by atoms with Crippen molar-refractivity contribution in [3.05, 3.63) is 24.2 Å². The predicted octanol–water partition coefficient (Wildman–Crippen LogP) is 2.42. The molecule has 1 saturated heterocycles. The Morgan fingerprint density at radius 1 is 1.31 bits per heavy atom. The number of hydrogen-bond donors (Lipinski definition) is 1. The second-order valence-electron chi connectivity index (χ2n) is 7.61. The quantitative estimate of drug-likeness (QED) is 0.758. The first-order chi connectivity index (χ1) is 12.6. The number of nitrogens with one attached hydrogen (secondary N) is 1. The van der Waals surface area contributed by atoms with Gasteiger partial charge in [-0.3, -0.25) is 14.5 Å². The van der Waals surface area contributed by atoms with Crippen molar-refractivity contribution in [2.24, 2.45) is 0 Å². The lowest BCUT2D eigenvalue weighted by Gasteiger charge is -2.22. The van der Waals surface area contributed by atoms with Crippen LogP contribution in [0, 0.1) is 0 Å². The SMILES string of the molecule is O=C1NC2(CCCC2)C(=O)N1CCCC(=O)N(Cc1ccco1)C1CC1. The lowest BCUT2D eigenvalue weighted by Crippen LogP contribution is -2.44. The van der Waals surface area contributed by atoms with Crippen LogP contribution in [0.15, 0.2) is 22.8 Å².